The number of hydrogen-bond acceptors (Lipinski definition) is 6. The molecule has 1 aliphatic carbocycles. The zero-order valence-electron chi connectivity index (χ0n) is 18.8. The Labute approximate surface area is 201 Å². The number of nitrogens with zero attached hydrogens (tertiary/aromatic N) is 2. The van der Waals surface area contributed by atoms with Gasteiger partial charge in [-0.05, 0) is 80.1 Å². The normalized spacial score (nSPS) is 13.2. The highest BCUT2D eigenvalue weighted by atomic mass is 32.2. The molecule has 170 valence electrons. The van der Waals surface area contributed by atoms with Crippen molar-refractivity contribution in [2.24, 2.45) is 0 Å². The summed E-state index contributed by atoms with van der Waals surface area (Å²) in [7, 11) is 1.67. The summed E-state index contributed by atoms with van der Waals surface area (Å²) >= 11 is 3.28. The van der Waals surface area contributed by atoms with Gasteiger partial charge < -0.3 is 9.47 Å². The summed E-state index contributed by atoms with van der Waals surface area (Å²) in [6.45, 7) is 2.57. The maximum absolute atomic E-state index is 13.9. The molecule has 33 heavy (non-hydrogen) atoms. The van der Waals surface area contributed by atoms with Crippen LogP contribution in [0.5, 0.6) is 11.5 Å². The van der Waals surface area contributed by atoms with Crippen LogP contribution < -0.4 is 15.0 Å². The van der Waals surface area contributed by atoms with Gasteiger partial charge in [-0.1, -0.05) is 23.9 Å². The van der Waals surface area contributed by atoms with E-state index in [2.05, 4.69) is 0 Å². The summed E-state index contributed by atoms with van der Waals surface area (Å²) in [4.78, 5) is 21.1. The molecule has 0 atom stereocenters. The molecule has 5 nitrogen and oxygen atoms in total. The first-order valence-electron chi connectivity index (χ1n) is 11.2. The maximum Gasteiger partial charge on any atom is 0.267 e. The van der Waals surface area contributed by atoms with Crippen LogP contribution in [0.4, 0.5) is 0 Å². The number of benzene rings is 2. The number of thiophene rings is 1. The number of ether oxygens (including phenoxy) is 2. The van der Waals surface area contributed by atoms with Crippen LogP contribution in [-0.2, 0) is 18.6 Å². The Morgan fingerprint density at radius 1 is 1.03 bits per heavy atom. The Morgan fingerprint density at radius 2 is 1.76 bits per heavy atom. The first kappa shape index (κ1) is 22.0. The number of rotatable bonds is 7. The van der Waals surface area contributed by atoms with Gasteiger partial charge in [-0.15, -0.1) is 11.3 Å². The van der Waals surface area contributed by atoms with Crippen LogP contribution >= 0.6 is 23.1 Å². The Bertz CT molecular complexity index is 1330. The number of fused-ring (bicyclic) bond motifs is 3. The van der Waals surface area contributed by atoms with Crippen molar-refractivity contribution >= 4 is 33.3 Å². The molecule has 0 fully saturated rings. The molecule has 0 aliphatic heterocycles. The minimum absolute atomic E-state index is 0.0285. The highest BCUT2D eigenvalue weighted by Gasteiger charge is 2.23. The van der Waals surface area contributed by atoms with E-state index in [0.717, 1.165) is 52.2 Å². The van der Waals surface area contributed by atoms with Gasteiger partial charge in [-0.3, -0.25) is 9.36 Å². The van der Waals surface area contributed by atoms with Crippen molar-refractivity contribution < 1.29 is 9.47 Å². The quantitative estimate of drug-likeness (QED) is 0.240. The van der Waals surface area contributed by atoms with E-state index in [9.17, 15) is 4.79 Å². The Balaban J connectivity index is 1.59. The number of thioether (sulfide) groups is 1. The first-order valence-corrected chi connectivity index (χ1v) is 13.0. The van der Waals surface area contributed by atoms with Gasteiger partial charge >= 0.3 is 0 Å². The van der Waals surface area contributed by atoms with E-state index in [1.54, 1.807) is 34.8 Å². The van der Waals surface area contributed by atoms with Crippen LogP contribution in [0, 0.1) is 0 Å². The average molecular weight is 479 g/mol. The van der Waals surface area contributed by atoms with Gasteiger partial charge in [-0.25, -0.2) is 4.98 Å². The van der Waals surface area contributed by atoms with Crippen LogP contribution in [-0.4, -0.2) is 23.3 Å². The van der Waals surface area contributed by atoms with Crippen molar-refractivity contribution in [3.8, 4) is 17.2 Å². The lowest BCUT2D eigenvalue weighted by Gasteiger charge is -2.14. The molecule has 2 aromatic heterocycles. The van der Waals surface area contributed by atoms with Gasteiger partial charge in [-0.2, -0.15) is 0 Å². The van der Waals surface area contributed by atoms with Crippen molar-refractivity contribution in [2.75, 3.05) is 13.7 Å². The number of methoxy groups -OCH3 is 1. The molecular formula is C26H26N2O3S2. The third-order valence-electron chi connectivity index (χ3n) is 5.89. The fourth-order valence-electron chi connectivity index (χ4n) is 4.24. The van der Waals surface area contributed by atoms with E-state index in [4.69, 9.17) is 14.5 Å². The van der Waals surface area contributed by atoms with Gasteiger partial charge in [0.15, 0.2) is 5.16 Å². The fourth-order valence-corrected chi connectivity index (χ4v) is 6.51. The van der Waals surface area contributed by atoms with Crippen LogP contribution in [0.2, 0.25) is 0 Å². The zero-order valence-corrected chi connectivity index (χ0v) is 20.4. The molecule has 2 heterocycles. The van der Waals surface area contributed by atoms with Gasteiger partial charge in [0.1, 0.15) is 16.3 Å². The summed E-state index contributed by atoms with van der Waals surface area (Å²) in [6.07, 6.45) is 4.34. The van der Waals surface area contributed by atoms with E-state index in [0.29, 0.717) is 17.5 Å². The Kier molecular flexibility index (Phi) is 6.42. The molecule has 0 unspecified atom stereocenters. The SMILES string of the molecule is CCOc1ccc(-n2c(SCc3ccc(OC)cc3)nc3sc4c(c3c2=O)CCCC4)cc1. The second kappa shape index (κ2) is 9.61. The third-order valence-corrected chi connectivity index (χ3v) is 8.09. The van der Waals surface area contributed by atoms with E-state index < -0.39 is 0 Å². The van der Waals surface area contributed by atoms with Gasteiger partial charge in [0.2, 0.25) is 0 Å². The second-order valence-corrected chi connectivity index (χ2v) is 10.0. The predicted octanol–water partition coefficient (Wildman–Crippen LogP) is 6.03. The van der Waals surface area contributed by atoms with E-state index in [1.807, 2.05) is 55.5 Å². The number of aromatic nitrogens is 2. The number of hydrogen-bond donors (Lipinski definition) is 0. The summed E-state index contributed by atoms with van der Waals surface area (Å²) in [5.74, 6) is 2.34. The van der Waals surface area contributed by atoms with E-state index in [-0.39, 0.29) is 5.56 Å². The van der Waals surface area contributed by atoms with Crippen LogP contribution in [0.1, 0.15) is 35.8 Å². The highest BCUT2D eigenvalue weighted by Crippen LogP contribution is 2.36. The maximum atomic E-state index is 13.9. The molecule has 0 spiro atoms. The van der Waals surface area contributed by atoms with Crippen LogP contribution in [0.15, 0.2) is 58.5 Å². The molecule has 0 saturated carbocycles. The molecule has 7 heteroatoms. The largest absolute Gasteiger partial charge is 0.497 e. The summed E-state index contributed by atoms with van der Waals surface area (Å²) < 4.78 is 12.6. The van der Waals surface area contributed by atoms with Crippen molar-refractivity contribution in [3.05, 3.63) is 74.9 Å². The standard InChI is InChI=1S/C26H26N2O3S2/c1-3-31-20-14-10-18(11-15-20)28-25(29)23-21-6-4-5-7-22(21)33-24(23)27-26(28)32-16-17-8-12-19(30-2)13-9-17/h8-15H,3-7,16H2,1-2H3. The molecular weight excluding hydrogens is 452 g/mol. The molecule has 4 aromatic rings. The van der Waals surface area contributed by atoms with Crippen LogP contribution in [0.3, 0.4) is 0 Å². The van der Waals surface area contributed by atoms with Crippen molar-refractivity contribution in [3.63, 3.8) is 0 Å². The lowest BCUT2D eigenvalue weighted by atomic mass is 9.97. The van der Waals surface area contributed by atoms with Gasteiger partial charge in [0, 0.05) is 10.6 Å². The zero-order chi connectivity index (χ0) is 22.8. The molecule has 0 radical (unpaired) electrons. The summed E-state index contributed by atoms with van der Waals surface area (Å²) in [6, 6.07) is 15.7. The monoisotopic (exact) mass is 478 g/mol. The molecule has 0 bridgehead atoms. The summed E-state index contributed by atoms with van der Waals surface area (Å²) in [5, 5.41) is 1.52. The predicted molar refractivity (Wildman–Crippen MR) is 136 cm³/mol. The first-order chi connectivity index (χ1) is 16.2. The van der Waals surface area contributed by atoms with Crippen molar-refractivity contribution in [1.82, 2.24) is 9.55 Å². The van der Waals surface area contributed by atoms with Crippen LogP contribution in [0.25, 0.3) is 15.9 Å². The minimum Gasteiger partial charge on any atom is -0.497 e. The minimum atomic E-state index is 0.0285. The Hall–Kier alpha value is -2.77. The van der Waals surface area contributed by atoms with Gasteiger partial charge in [0.25, 0.3) is 5.56 Å². The Morgan fingerprint density at radius 3 is 2.48 bits per heavy atom. The van der Waals surface area contributed by atoms with Crippen molar-refractivity contribution in [1.29, 1.82) is 0 Å². The molecule has 0 saturated heterocycles. The summed E-state index contributed by atoms with van der Waals surface area (Å²) in [5.41, 5.74) is 3.20. The molecule has 2 aromatic carbocycles. The lowest BCUT2D eigenvalue weighted by molar-refractivity contribution is 0.340. The molecule has 0 amide bonds. The second-order valence-electron chi connectivity index (χ2n) is 7.99. The smallest absolute Gasteiger partial charge is 0.267 e. The molecule has 1 aliphatic rings. The molecule has 5 rings (SSSR count). The topological polar surface area (TPSA) is 53.4 Å². The van der Waals surface area contributed by atoms with E-state index >= 15 is 0 Å². The van der Waals surface area contributed by atoms with E-state index in [1.165, 1.54) is 16.9 Å². The van der Waals surface area contributed by atoms with Crippen molar-refractivity contribution in [2.45, 2.75) is 43.5 Å². The van der Waals surface area contributed by atoms with Gasteiger partial charge in [0.05, 0.1) is 24.8 Å². The highest BCUT2D eigenvalue weighted by molar-refractivity contribution is 7.98. The molecule has 0 N–H and O–H groups in total. The number of aryl methyl sites for hydroxylation is 2. The third kappa shape index (κ3) is 4.39. The lowest BCUT2D eigenvalue weighted by Crippen LogP contribution is -2.22. The fraction of sp³-hybridized carbons (Fsp3) is 0.308. The average Bonchev–Trinajstić information content (AvgIpc) is 3.23.